The fourth-order valence-electron chi connectivity index (χ4n) is 3.25. The van der Waals surface area contributed by atoms with Gasteiger partial charge in [0.1, 0.15) is 4.21 Å². The molecule has 4 nitrogen and oxygen atoms in total. The van der Waals surface area contributed by atoms with Crippen molar-refractivity contribution in [2.75, 3.05) is 13.1 Å². The van der Waals surface area contributed by atoms with Crippen molar-refractivity contribution in [1.29, 1.82) is 0 Å². The Hall–Kier alpha value is 0.340. The summed E-state index contributed by atoms with van der Waals surface area (Å²) in [7, 11) is -3.44. The van der Waals surface area contributed by atoms with E-state index in [1.807, 2.05) is 0 Å². The van der Waals surface area contributed by atoms with Crippen LogP contribution in [0.25, 0.3) is 0 Å². The molecule has 3 unspecified atom stereocenters. The summed E-state index contributed by atoms with van der Waals surface area (Å²) < 4.78 is 27.9. The molecule has 0 aromatic carbocycles. The van der Waals surface area contributed by atoms with Crippen molar-refractivity contribution in [3.05, 3.63) is 14.9 Å². The molecule has 8 heteroatoms. The molecule has 1 saturated carbocycles. The lowest BCUT2D eigenvalue weighted by Crippen LogP contribution is -2.38. The van der Waals surface area contributed by atoms with E-state index in [-0.39, 0.29) is 6.04 Å². The minimum atomic E-state index is -3.44. The largest absolute Gasteiger partial charge is 0.327 e. The van der Waals surface area contributed by atoms with Crippen molar-refractivity contribution in [1.82, 2.24) is 4.31 Å². The van der Waals surface area contributed by atoms with Gasteiger partial charge in [-0.1, -0.05) is 18.0 Å². The van der Waals surface area contributed by atoms with E-state index in [4.69, 9.17) is 17.3 Å². The molecule has 112 valence electrons. The van der Waals surface area contributed by atoms with Gasteiger partial charge in [-0.05, 0) is 46.7 Å². The average Bonchev–Trinajstić information content (AvgIpc) is 2.96. The van der Waals surface area contributed by atoms with Crippen molar-refractivity contribution in [3.8, 4) is 0 Å². The van der Waals surface area contributed by atoms with E-state index in [0.717, 1.165) is 19.3 Å². The molecule has 2 aliphatic rings. The second-order valence-electron chi connectivity index (χ2n) is 5.53. The summed E-state index contributed by atoms with van der Waals surface area (Å²) in [5.41, 5.74) is 6.14. The summed E-state index contributed by atoms with van der Waals surface area (Å²) in [6.45, 7) is 1.13. The Morgan fingerprint density at radius 3 is 2.75 bits per heavy atom. The molecular formula is C12H16BrClN2O2S2. The maximum Gasteiger partial charge on any atom is 0.252 e. The van der Waals surface area contributed by atoms with Gasteiger partial charge in [-0.15, -0.1) is 11.3 Å². The zero-order valence-corrected chi connectivity index (χ0v) is 14.7. The van der Waals surface area contributed by atoms with Crippen LogP contribution in [0.3, 0.4) is 0 Å². The lowest BCUT2D eigenvalue weighted by Gasteiger charge is -2.29. The lowest BCUT2D eigenvalue weighted by atomic mass is 9.78. The Bertz CT molecular complexity index is 599. The van der Waals surface area contributed by atoms with Crippen molar-refractivity contribution in [2.24, 2.45) is 17.6 Å². The Labute approximate surface area is 136 Å². The Balaban J connectivity index is 1.86. The molecule has 3 rings (SSSR count). The molecule has 1 aliphatic heterocycles. The summed E-state index contributed by atoms with van der Waals surface area (Å²) in [5, 5.41) is 0.446. The van der Waals surface area contributed by atoms with Gasteiger partial charge in [0.2, 0.25) is 0 Å². The highest BCUT2D eigenvalue weighted by molar-refractivity contribution is 9.11. The van der Waals surface area contributed by atoms with Crippen molar-refractivity contribution < 1.29 is 8.42 Å². The number of hydrogen-bond donors (Lipinski definition) is 1. The highest BCUT2D eigenvalue weighted by Gasteiger charge is 2.43. The number of hydrogen-bond acceptors (Lipinski definition) is 4. The summed E-state index contributed by atoms with van der Waals surface area (Å²) in [5.74, 6) is 0.713. The first-order chi connectivity index (χ1) is 9.39. The molecule has 2 heterocycles. The van der Waals surface area contributed by atoms with E-state index in [1.54, 1.807) is 4.31 Å². The van der Waals surface area contributed by atoms with Crippen LogP contribution in [0.4, 0.5) is 0 Å². The van der Waals surface area contributed by atoms with Crippen LogP contribution in [0.15, 0.2) is 14.1 Å². The fraction of sp³-hybridized carbons (Fsp3) is 0.667. The predicted molar refractivity (Wildman–Crippen MR) is 84.6 cm³/mol. The molecule has 1 aliphatic carbocycles. The molecule has 0 radical (unpaired) electrons. The van der Waals surface area contributed by atoms with E-state index in [2.05, 4.69) is 15.9 Å². The van der Waals surface area contributed by atoms with E-state index in [0.29, 0.717) is 37.9 Å². The van der Waals surface area contributed by atoms with Gasteiger partial charge in [-0.25, -0.2) is 8.42 Å². The minimum absolute atomic E-state index is 0.132. The first-order valence-corrected chi connectivity index (χ1v) is 10.0. The van der Waals surface area contributed by atoms with Crippen LogP contribution in [0, 0.1) is 11.8 Å². The standard InChI is InChI=1S/C12H16BrClN2O2S2/c13-12-9(14)4-11(19-12)20(17,18)16-5-7-2-1-3-10(15)8(7)6-16/h4,7-8,10H,1-3,5-6,15H2. The van der Waals surface area contributed by atoms with Crippen molar-refractivity contribution >= 4 is 48.9 Å². The van der Waals surface area contributed by atoms with Gasteiger partial charge in [0.15, 0.2) is 0 Å². The van der Waals surface area contributed by atoms with Crippen LogP contribution < -0.4 is 5.73 Å². The number of thiophene rings is 1. The molecule has 3 atom stereocenters. The summed E-state index contributed by atoms with van der Waals surface area (Å²) in [6.07, 6.45) is 3.19. The zero-order valence-electron chi connectivity index (χ0n) is 10.8. The summed E-state index contributed by atoms with van der Waals surface area (Å²) in [6, 6.07) is 1.65. The number of fused-ring (bicyclic) bond motifs is 1. The second kappa shape index (κ2) is 5.52. The van der Waals surface area contributed by atoms with Crippen LogP contribution in [-0.4, -0.2) is 31.9 Å². The van der Waals surface area contributed by atoms with Crippen molar-refractivity contribution in [2.45, 2.75) is 29.5 Å². The molecule has 1 saturated heterocycles. The van der Waals surface area contributed by atoms with Crippen LogP contribution in [0.5, 0.6) is 0 Å². The number of nitrogens with zero attached hydrogens (tertiary/aromatic N) is 1. The Morgan fingerprint density at radius 2 is 2.15 bits per heavy atom. The molecule has 1 aromatic heterocycles. The SMILES string of the molecule is NC1CCCC2CN(S(=O)(=O)c3cc(Cl)c(Br)s3)CC12. The van der Waals surface area contributed by atoms with Crippen LogP contribution >= 0.6 is 38.9 Å². The summed E-state index contributed by atoms with van der Waals surface area (Å²) in [4.78, 5) is 0. The first-order valence-electron chi connectivity index (χ1n) is 6.60. The third-order valence-corrected chi connectivity index (χ3v) is 9.09. The van der Waals surface area contributed by atoms with Crippen LogP contribution in [-0.2, 0) is 10.0 Å². The molecule has 0 bridgehead atoms. The molecule has 1 aromatic rings. The molecule has 0 amide bonds. The number of rotatable bonds is 2. The third kappa shape index (κ3) is 2.57. The van der Waals surface area contributed by atoms with Crippen LogP contribution in [0.2, 0.25) is 5.02 Å². The normalized spacial score (nSPS) is 31.4. The third-order valence-electron chi connectivity index (χ3n) is 4.34. The predicted octanol–water partition coefficient (Wildman–Crippen LogP) is 2.91. The van der Waals surface area contributed by atoms with E-state index >= 15 is 0 Å². The molecule has 20 heavy (non-hydrogen) atoms. The zero-order chi connectivity index (χ0) is 14.5. The molecule has 2 fully saturated rings. The average molecular weight is 400 g/mol. The number of halogens is 2. The highest BCUT2D eigenvalue weighted by atomic mass is 79.9. The summed E-state index contributed by atoms with van der Waals surface area (Å²) >= 11 is 10.4. The van der Waals surface area contributed by atoms with Gasteiger partial charge in [-0.2, -0.15) is 4.31 Å². The Kier molecular flexibility index (Phi) is 4.20. The quantitative estimate of drug-likeness (QED) is 0.831. The van der Waals surface area contributed by atoms with Gasteiger partial charge in [-0.3, -0.25) is 0 Å². The number of sulfonamides is 1. The minimum Gasteiger partial charge on any atom is -0.327 e. The second-order valence-corrected chi connectivity index (χ2v) is 10.5. The maximum atomic E-state index is 12.7. The van der Waals surface area contributed by atoms with Crippen LogP contribution in [0.1, 0.15) is 19.3 Å². The van der Waals surface area contributed by atoms with Gasteiger partial charge in [0.05, 0.1) is 8.81 Å². The maximum absolute atomic E-state index is 12.7. The van der Waals surface area contributed by atoms with Gasteiger partial charge < -0.3 is 5.73 Å². The monoisotopic (exact) mass is 398 g/mol. The topological polar surface area (TPSA) is 63.4 Å². The van der Waals surface area contributed by atoms with Gasteiger partial charge in [0, 0.05) is 19.1 Å². The lowest BCUT2D eigenvalue weighted by molar-refractivity contribution is 0.260. The first kappa shape index (κ1) is 15.2. The van der Waals surface area contributed by atoms with Gasteiger partial charge >= 0.3 is 0 Å². The van der Waals surface area contributed by atoms with E-state index in [1.165, 1.54) is 17.4 Å². The van der Waals surface area contributed by atoms with Crippen molar-refractivity contribution in [3.63, 3.8) is 0 Å². The van der Waals surface area contributed by atoms with E-state index in [9.17, 15) is 8.42 Å². The molecule has 2 N–H and O–H groups in total. The number of nitrogens with two attached hydrogens (primary N) is 1. The Morgan fingerprint density at radius 1 is 1.40 bits per heavy atom. The fourth-order valence-corrected chi connectivity index (χ4v) is 7.34. The van der Waals surface area contributed by atoms with E-state index < -0.39 is 10.0 Å². The molecule has 0 spiro atoms. The highest BCUT2D eigenvalue weighted by Crippen LogP contribution is 2.41. The smallest absolute Gasteiger partial charge is 0.252 e. The van der Waals surface area contributed by atoms with Gasteiger partial charge in [0.25, 0.3) is 10.0 Å². The molecular weight excluding hydrogens is 384 g/mol.